The summed E-state index contributed by atoms with van der Waals surface area (Å²) in [6, 6.07) is 15.5. The van der Waals surface area contributed by atoms with Gasteiger partial charge in [0.05, 0.1) is 10.9 Å². The predicted molar refractivity (Wildman–Crippen MR) is 113 cm³/mol. The molecule has 140 valence electrons. The lowest BCUT2D eigenvalue weighted by Gasteiger charge is -2.10. The molecule has 4 rings (SSSR count). The van der Waals surface area contributed by atoms with Crippen molar-refractivity contribution in [1.82, 2.24) is 19.9 Å². The number of hydrogen-bond acceptors (Lipinski definition) is 6. The van der Waals surface area contributed by atoms with Crippen molar-refractivity contribution >= 4 is 34.3 Å². The highest BCUT2D eigenvalue weighted by Crippen LogP contribution is 2.21. The predicted octanol–water partition coefficient (Wildman–Crippen LogP) is 4.34. The fraction of sp³-hybridized carbons (Fsp3) is 0.143. The van der Waals surface area contributed by atoms with Crippen LogP contribution in [-0.2, 0) is 13.0 Å². The molecule has 4 aromatic rings. The molecule has 0 aliphatic carbocycles. The number of pyridine rings is 2. The van der Waals surface area contributed by atoms with Crippen molar-refractivity contribution in [2.75, 3.05) is 17.2 Å². The summed E-state index contributed by atoms with van der Waals surface area (Å²) in [5.41, 5.74) is 2.86. The molecular formula is C21H19ClN6. The number of nitrogens with zero attached hydrogens (tertiary/aromatic N) is 4. The van der Waals surface area contributed by atoms with Crippen LogP contribution >= 0.6 is 11.6 Å². The molecule has 0 radical (unpaired) electrons. The highest BCUT2D eigenvalue weighted by molar-refractivity contribution is 6.31. The molecule has 3 aromatic heterocycles. The molecule has 3 heterocycles. The molecule has 28 heavy (non-hydrogen) atoms. The summed E-state index contributed by atoms with van der Waals surface area (Å²) in [5, 5.41) is 8.18. The maximum Gasteiger partial charge on any atom is 0.223 e. The SMILES string of the molecule is Clc1ccccc1CNc1ncc2c(NCCc3ccccn3)nccc2n1. The van der Waals surface area contributed by atoms with E-state index >= 15 is 0 Å². The van der Waals surface area contributed by atoms with Gasteiger partial charge in [-0.2, -0.15) is 0 Å². The van der Waals surface area contributed by atoms with Crippen LogP contribution < -0.4 is 10.6 Å². The first-order valence-electron chi connectivity index (χ1n) is 9.02. The molecule has 0 unspecified atom stereocenters. The van der Waals surface area contributed by atoms with E-state index in [0.29, 0.717) is 12.5 Å². The average Bonchev–Trinajstić information content (AvgIpc) is 2.74. The smallest absolute Gasteiger partial charge is 0.223 e. The molecule has 1 aromatic carbocycles. The summed E-state index contributed by atoms with van der Waals surface area (Å²) in [5.74, 6) is 1.32. The second-order valence-corrected chi connectivity index (χ2v) is 6.64. The summed E-state index contributed by atoms with van der Waals surface area (Å²) in [4.78, 5) is 17.8. The van der Waals surface area contributed by atoms with Gasteiger partial charge in [-0.25, -0.2) is 15.0 Å². The molecule has 0 fully saturated rings. The van der Waals surface area contributed by atoms with E-state index in [-0.39, 0.29) is 0 Å². The van der Waals surface area contributed by atoms with Gasteiger partial charge in [0.2, 0.25) is 5.95 Å². The lowest BCUT2D eigenvalue weighted by atomic mass is 10.2. The van der Waals surface area contributed by atoms with Gasteiger partial charge in [0.1, 0.15) is 5.82 Å². The summed E-state index contributed by atoms with van der Waals surface area (Å²) >= 11 is 6.20. The molecule has 6 nitrogen and oxygen atoms in total. The van der Waals surface area contributed by atoms with Gasteiger partial charge in [-0.05, 0) is 29.8 Å². The van der Waals surface area contributed by atoms with Gasteiger partial charge in [-0.15, -0.1) is 0 Å². The van der Waals surface area contributed by atoms with Gasteiger partial charge in [0.25, 0.3) is 0 Å². The first-order chi connectivity index (χ1) is 13.8. The van der Waals surface area contributed by atoms with E-state index in [9.17, 15) is 0 Å². The van der Waals surface area contributed by atoms with Crippen LogP contribution in [0.2, 0.25) is 5.02 Å². The van der Waals surface area contributed by atoms with E-state index in [1.54, 1.807) is 18.6 Å². The topological polar surface area (TPSA) is 75.6 Å². The van der Waals surface area contributed by atoms with Crippen molar-refractivity contribution in [3.8, 4) is 0 Å². The second kappa shape index (κ2) is 8.63. The van der Waals surface area contributed by atoms with E-state index in [2.05, 4.69) is 30.6 Å². The van der Waals surface area contributed by atoms with Gasteiger partial charge in [-0.3, -0.25) is 4.98 Å². The summed E-state index contributed by atoms with van der Waals surface area (Å²) in [7, 11) is 0. The van der Waals surface area contributed by atoms with E-state index in [1.807, 2.05) is 48.5 Å². The molecule has 0 aliphatic rings. The minimum Gasteiger partial charge on any atom is -0.369 e. The third kappa shape index (κ3) is 4.35. The fourth-order valence-corrected chi connectivity index (χ4v) is 3.06. The first kappa shape index (κ1) is 18.1. The van der Waals surface area contributed by atoms with Crippen molar-refractivity contribution in [1.29, 1.82) is 0 Å². The summed E-state index contributed by atoms with van der Waals surface area (Å²) in [6.07, 6.45) is 6.15. The Bertz CT molecular complexity index is 1070. The summed E-state index contributed by atoms with van der Waals surface area (Å²) in [6.45, 7) is 1.29. The Balaban J connectivity index is 1.44. The van der Waals surface area contributed by atoms with Crippen LogP contribution in [0.1, 0.15) is 11.3 Å². The second-order valence-electron chi connectivity index (χ2n) is 6.23. The van der Waals surface area contributed by atoms with Gasteiger partial charge < -0.3 is 10.6 Å². The van der Waals surface area contributed by atoms with Gasteiger partial charge in [-0.1, -0.05) is 35.9 Å². The number of anilines is 2. The zero-order valence-electron chi connectivity index (χ0n) is 15.1. The van der Waals surface area contributed by atoms with Crippen LogP contribution in [0.4, 0.5) is 11.8 Å². The van der Waals surface area contributed by atoms with Crippen LogP contribution in [0.3, 0.4) is 0 Å². The number of benzene rings is 1. The number of aromatic nitrogens is 4. The zero-order valence-corrected chi connectivity index (χ0v) is 15.9. The zero-order chi connectivity index (χ0) is 19.2. The first-order valence-corrected chi connectivity index (χ1v) is 9.40. The number of nitrogens with one attached hydrogen (secondary N) is 2. The molecule has 0 spiro atoms. The van der Waals surface area contributed by atoms with Gasteiger partial charge in [0.15, 0.2) is 0 Å². The Kier molecular flexibility index (Phi) is 5.58. The third-order valence-electron chi connectivity index (χ3n) is 4.30. The van der Waals surface area contributed by atoms with Crippen LogP contribution in [-0.4, -0.2) is 26.5 Å². The van der Waals surface area contributed by atoms with Crippen molar-refractivity contribution in [2.24, 2.45) is 0 Å². The highest BCUT2D eigenvalue weighted by atomic mass is 35.5. The Hall–Kier alpha value is -3.25. The standard InChI is InChI=1S/C21H19ClN6/c22-18-7-2-1-5-15(18)13-26-21-27-14-17-19(28-21)9-12-25-20(17)24-11-8-16-6-3-4-10-23-16/h1-7,9-10,12,14H,8,11,13H2,(H,24,25)(H,26,27,28). The molecule has 2 N–H and O–H groups in total. The van der Waals surface area contributed by atoms with Crippen molar-refractivity contribution in [2.45, 2.75) is 13.0 Å². The lowest BCUT2D eigenvalue weighted by molar-refractivity contribution is 0.955. The Labute approximate surface area is 168 Å². The van der Waals surface area contributed by atoms with E-state index in [0.717, 1.165) is 46.0 Å². The molecule has 0 amide bonds. The van der Waals surface area contributed by atoms with Crippen LogP contribution in [0.25, 0.3) is 10.9 Å². The molecule has 0 saturated heterocycles. The molecular weight excluding hydrogens is 372 g/mol. The quantitative estimate of drug-likeness (QED) is 0.489. The Morgan fingerprint density at radius 3 is 2.61 bits per heavy atom. The Morgan fingerprint density at radius 1 is 0.857 bits per heavy atom. The van der Waals surface area contributed by atoms with Crippen molar-refractivity contribution in [3.63, 3.8) is 0 Å². The van der Waals surface area contributed by atoms with Crippen LogP contribution in [0, 0.1) is 0 Å². The average molecular weight is 391 g/mol. The van der Waals surface area contributed by atoms with E-state index < -0.39 is 0 Å². The third-order valence-corrected chi connectivity index (χ3v) is 4.67. The van der Waals surface area contributed by atoms with Gasteiger partial charge in [0, 0.05) is 48.8 Å². The normalized spacial score (nSPS) is 10.8. The lowest BCUT2D eigenvalue weighted by Crippen LogP contribution is -2.08. The monoisotopic (exact) mass is 390 g/mol. The summed E-state index contributed by atoms with van der Waals surface area (Å²) < 4.78 is 0. The van der Waals surface area contributed by atoms with Crippen LogP contribution in [0.15, 0.2) is 67.1 Å². The Morgan fingerprint density at radius 2 is 1.75 bits per heavy atom. The molecule has 0 atom stereocenters. The van der Waals surface area contributed by atoms with Crippen molar-refractivity contribution in [3.05, 3.63) is 83.4 Å². The number of halogens is 1. The number of rotatable bonds is 7. The number of hydrogen-bond donors (Lipinski definition) is 2. The number of fused-ring (bicyclic) bond motifs is 1. The molecule has 0 saturated carbocycles. The van der Waals surface area contributed by atoms with E-state index in [4.69, 9.17) is 11.6 Å². The molecule has 7 heteroatoms. The molecule has 0 bridgehead atoms. The largest absolute Gasteiger partial charge is 0.369 e. The maximum absolute atomic E-state index is 6.20. The fourth-order valence-electron chi connectivity index (χ4n) is 2.85. The van der Waals surface area contributed by atoms with Crippen molar-refractivity contribution < 1.29 is 0 Å². The minimum atomic E-state index is 0.554. The minimum absolute atomic E-state index is 0.554. The maximum atomic E-state index is 6.20. The highest BCUT2D eigenvalue weighted by Gasteiger charge is 2.07. The van der Waals surface area contributed by atoms with E-state index in [1.165, 1.54) is 0 Å². The molecule has 0 aliphatic heterocycles. The van der Waals surface area contributed by atoms with Crippen LogP contribution in [0.5, 0.6) is 0 Å². The van der Waals surface area contributed by atoms with Gasteiger partial charge >= 0.3 is 0 Å².